The summed E-state index contributed by atoms with van der Waals surface area (Å²) in [7, 11) is 1.66. The smallest absolute Gasteiger partial charge is 0.321 e. The van der Waals surface area contributed by atoms with Crippen molar-refractivity contribution >= 4 is 22.6 Å². The molecule has 0 amide bonds. The number of rotatable bonds is 3. The first-order valence-electron chi connectivity index (χ1n) is 6.24. The van der Waals surface area contributed by atoms with Crippen LogP contribution in [0.1, 0.15) is 26.3 Å². The minimum absolute atomic E-state index is 0.0624. The molecule has 0 radical (unpaired) electrons. The predicted molar refractivity (Wildman–Crippen MR) is 86.5 cm³/mol. The standard InChI is InChI=1S/C15H17IN2O2/c1-15(2,3)12-7-11(19-4)5-6-13(12)20-14-17-8-10(16)9-18-14/h5-9H,1-4H3. The molecule has 1 heterocycles. The highest BCUT2D eigenvalue weighted by atomic mass is 127. The summed E-state index contributed by atoms with van der Waals surface area (Å²) in [5.74, 6) is 1.56. The molecule has 0 aliphatic rings. The summed E-state index contributed by atoms with van der Waals surface area (Å²) in [5, 5.41) is 0. The van der Waals surface area contributed by atoms with Crippen molar-refractivity contribution in [1.29, 1.82) is 0 Å². The third-order valence-corrected chi connectivity index (χ3v) is 3.35. The molecule has 5 heteroatoms. The molecule has 106 valence electrons. The maximum absolute atomic E-state index is 5.81. The van der Waals surface area contributed by atoms with Gasteiger partial charge in [-0.1, -0.05) is 20.8 Å². The quantitative estimate of drug-likeness (QED) is 0.745. The Kier molecular flexibility index (Phi) is 4.47. The largest absolute Gasteiger partial charge is 0.497 e. The molecule has 0 N–H and O–H groups in total. The molecular formula is C15H17IN2O2. The fourth-order valence-electron chi connectivity index (χ4n) is 1.76. The average molecular weight is 384 g/mol. The second kappa shape index (κ2) is 5.95. The highest BCUT2D eigenvalue weighted by molar-refractivity contribution is 14.1. The summed E-state index contributed by atoms with van der Waals surface area (Å²) in [6.45, 7) is 6.39. The van der Waals surface area contributed by atoms with Gasteiger partial charge in [-0.25, -0.2) is 9.97 Å². The van der Waals surface area contributed by atoms with E-state index < -0.39 is 0 Å². The van der Waals surface area contributed by atoms with E-state index in [0.717, 1.165) is 20.6 Å². The van der Waals surface area contributed by atoms with Crippen LogP contribution in [0.5, 0.6) is 17.5 Å². The van der Waals surface area contributed by atoms with E-state index in [2.05, 4.69) is 53.3 Å². The molecule has 0 bridgehead atoms. The lowest BCUT2D eigenvalue weighted by molar-refractivity contribution is 0.401. The van der Waals surface area contributed by atoms with Gasteiger partial charge in [-0.2, -0.15) is 0 Å². The number of methoxy groups -OCH3 is 1. The number of halogens is 1. The molecule has 4 nitrogen and oxygen atoms in total. The number of aromatic nitrogens is 2. The number of nitrogens with zero attached hydrogens (tertiary/aromatic N) is 2. The lowest BCUT2D eigenvalue weighted by Gasteiger charge is -2.22. The lowest BCUT2D eigenvalue weighted by atomic mass is 9.86. The molecule has 0 saturated carbocycles. The number of hydrogen-bond donors (Lipinski definition) is 0. The van der Waals surface area contributed by atoms with Crippen LogP contribution in [0.15, 0.2) is 30.6 Å². The lowest BCUT2D eigenvalue weighted by Crippen LogP contribution is -2.13. The normalized spacial score (nSPS) is 11.2. The third kappa shape index (κ3) is 3.59. The van der Waals surface area contributed by atoms with Crippen LogP contribution in [0.4, 0.5) is 0 Å². The summed E-state index contributed by atoms with van der Waals surface area (Å²) in [5.41, 5.74) is 0.992. The van der Waals surface area contributed by atoms with Crippen molar-refractivity contribution in [2.24, 2.45) is 0 Å². The highest BCUT2D eigenvalue weighted by Gasteiger charge is 2.20. The SMILES string of the molecule is COc1ccc(Oc2ncc(I)cn2)c(C(C)(C)C)c1. The van der Waals surface area contributed by atoms with Crippen molar-refractivity contribution in [3.05, 3.63) is 39.7 Å². The molecule has 2 aromatic rings. The molecular weight excluding hydrogens is 367 g/mol. The first-order valence-corrected chi connectivity index (χ1v) is 7.32. The zero-order valence-corrected chi connectivity index (χ0v) is 14.1. The number of benzene rings is 1. The van der Waals surface area contributed by atoms with Crippen LogP contribution in [0, 0.1) is 3.57 Å². The topological polar surface area (TPSA) is 44.2 Å². The van der Waals surface area contributed by atoms with E-state index in [9.17, 15) is 0 Å². The summed E-state index contributed by atoms with van der Waals surface area (Å²) in [6, 6.07) is 6.10. The van der Waals surface area contributed by atoms with Crippen molar-refractivity contribution in [2.75, 3.05) is 7.11 Å². The Bertz CT molecular complexity index is 592. The number of ether oxygens (including phenoxy) is 2. The van der Waals surface area contributed by atoms with Crippen LogP contribution in [0.3, 0.4) is 0 Å². The fraction of sp³-hybridized carbons (Fsp3) is 0.333. The van der Waals surface area contributed by atoms with E-state index >= 15 is 0 Å². The summed E-state index contributed by atoms with van der Waals surface area (Å²) in [4.78, 5) is 8.33. The summed E-state index contributed by atoms with van der Waals surface area (Å²) in [6.07, 6.45) is 3.45. The second-order valence-corrected chi connectivity index (χ2v) is 6.64. The van der Waals surface area contributed by atoms with Gasteiger partial charge in [0.15, 0.2) is 0 Å². The van der Waals surface area contributed by atoms with E-state index in [1.807, 2.05) is 18.2 Å². The van der Waals surface area contributed by atoms with Gasteiger partial charge in [0.25, 0.3) is 0 Å². The van der Waals surface area contributed by atoms with E-state index in [0.29, 0.717) is 6.01 Å². The van der Waals surface area contributed by atoms with Crippen LogP contribution in [0.25, 0.3) is 0 Å². The van der Waals surface area contributed by atoms with Crippen molar-refractivity contribution < 1.29 is 9.47 Å². The van der Waals surface area contributed by atoms with Crippen molar-refractivity contribution in [3.8, 4) is 17.5 Å². The van der Waals surface area contributed by atoms with Crippen LogP contribution in [-0.4, -0.2) is 17.1 Å². The monoisotopic (exact) mass is 384 g/mol. The van der Waals surface area contributed by atoms with Gasteiger partial charge in [-0.05, 0) is 46.2 Å². The van der Waals surface area contributed by atoms with E-state index in [-0.39, 0.29) is 5.41 Å². The van der Waals surface area contributed by atoms with Crippen LogP contribution >= 0.6 is 22.6 Å². The maximum atomic E-state index is 5.81. The van der Waals surface area contributed by atoms with Gasteiger partial charge in [0.05, 0.1) is 7.11 Å². The van der Waals surface area contributed by atoms with Crippen LogP contribution in [0.2, 0.25) is 0 Å². The zero-order valence-electron chi connectivity index (χ0n) is 12.0. The molecule has 0 unspecified atom stereocenters. The van der Waals surface area contributed by atoms with E-state index in [4.69, 9.17) is 9.47 Å². The van der Waals surface area contributed by atoms with Gasteiger partial charge < -0.3 is 9.47 Å². The number of hydrogen-bond acceptors (Lipinski definition) is 4. The average Bonchev–Trinajstić information content (AvgIpc) is 2.40. The zero-order chi connectivity index (χ0) is 14.8. The van der Waals surface area contributed by atoms with Gasteiger partial charge in [0, 0.05) is 21.5 Å². The summed E-state index contributed by atoms with van der Waals surface area (Å²) < 4.78 is 12.1. The Morgan fingerprint density at radius 1 is 1.10 bits per heavy atom. The van der Waals surface area contributed by atoms with Gasteiger partial charge in [0.2, 0.25) is 0 Å². The van der Waals surface area contributed by atoms with E-state index in [1.54, 1.807) is 19.5 Å². The molecule has 0 spiro atoms. The first kappa shape index (κ1) is 15.0. The maximum Gasteiger partial charge on any atom is 0.321 e. The molecule has 1 aromatic carbocycles. The van der Waals surface area contributed by atoms with Gasteiger partial charge in [-0.15, -0.1) is 0 Å². The Morgan fingerprint density at radius 2 is 1.75 bits per heavy atom. The summed E-state index contributed by atoms with van der Waals surface area (Å²) >= 11 is 2.16. The van der Waals surface area contributed by atoms with Gasteiger partial charge in [0.1, 0.15) is 11.5 Å². The van der Waals surface area contributed by atoms with Crippen molar-refractivity contribution in [3.63, 3.8) is 0 Å². The molecule has 0 aliphatic carbocycles. The van der Waals surface area contributed by atoms with E-state index in [1.165, 1.54) is 0 Å². The van der Waals surface area contributed by atoms with Crippen molar-refractivity contribution in [1.82, 2.24) is 9.97 Å². The molecule has 0 aliphatic heterocycles. The molecule has 1 aromatic heterocycles. The Hall–Kier alpha value is -1.37. The minimum atomic E-state index is -0.0624. The van der Waals surface area contributed by atoms with Gasteiger partial charge in [-0.3, -0.25) is 0 Å². The Morgan fingerprint density at radius 3 is 2.30 bits per heavy atom. The van der Waals surface area contributed by atoms with Crippen LogP contribution in [-0.2, 0) is 5.41 Å². The first-order chi connectivity index (χ1) is 9.40. The Balaban J connectivity index is 2.38. The molecule has 0 fully saturated rings. The Labute approximate surface area is 132 Å². The molecule has 2 rings (SSSR count). The highest BCUT2D eigenvalue weighted by Crippen LogP contribution is 2.35. The minimum Gasteiger partial charge on any atom is -0.497 e. The third-order valence-electron chi connectivity index (χ3n) is 2.79. The predicted octanol–water partition coefficient (Wildman–Crippen LogP) is 4.18. The fourth-order valence-corrected chi connectivity index (χ4v) is 2.04. The molecule has 20 heavy (non-hydrogen) atoms. The van der Waals surface area contributed by atoms with Crippen LogP contribution < -0.4 is 9.47 Å². The molecule has 0 atom stereocenters. The molecule has 0 saturated heterocycles. The second-order valence-electron chi connectivity index (χ2n) is 5.40. The van der Waals surface area contributed by atoms with Gasteiger partial charge >= 0.3 is 6.01 Å². The van der Waals surface area contributed by atoms with Crippen molar-refractivity contribution in [2.45, 2.75) is 26.2 Å².